The number of nitrogens with zero attached hydrogens (tertiary/aromatic N) is 1. The molecule has 0 bridgehead atoms. The Labute approximate surface area is 124 Å². The number of benzene rings is 1. The van der Waals surface area contributed by atoms with E-state index in [-0.39, 0.29) is 17.7 Å². The lowest BCUT2D eigenvalue weighted by molar-refractivity contribution is -0.120. The second kappa shape index (κ2) is 5.85. The van der Waals surface area contributed by atoms with E-state index in [0.717, 1.165) is 37.4 Å². The zero-order chi connectivity index (χ0) is 14.8. The summed E-state index contributed by atoms with van der Waals surface area (Å²) in [4.78, 5) is 25.9. The summed E-state index contributed by atoms with van der Waals surface area (Å²) in [6.07, 6.45) is 1.52. The maximum atomic E-state index is 12.3. The molecule has 0 aliphatic carbocycles. The van der Waals surface area contributed by atoms with Crippen LogP contribution < -0.4 is 15.5 Å². The number of carbonyl (C=O) groups excluding carboxylic acids is 2. The van der Waals surface area contributed by atoms with Gasteiger partial charge in [0, 0.05) is 30.9 Å². The van der Waals surface area contributed by atoms with Crippen molar-refractivity contribution in [1.29, 1.82) is 0 Å². The van der Waals surface area contributed by atoms with Crippen LogP contribution in [0.5, 0.6) is 0 Å². The van der Waals surface area contributed by atoms with Crippen LogP contribution in [0.1, 0.15) is 19.8 Å². The third-order valence-corrected chi connectivity index (χ3v) is 4.35. The smallest absolute Gasteiger partial charge is 0.229 e. The van der Waals surface area contributed by atoms with Gasteiger partial charge in [-0.15, -0.1) is 0 Å². The molecule has 0 spiro atoms. The van der Waals surface area contributed by atoms with E-state index in [2.05, 4.69) is 17.6 Å². The molecule has 0 saturated carbocycles. The fraction of sp³-hybridized carbons (Fsp3) is 0.500. The highest BCUT2D eigenvalue weighted by Crippen LogP contribution is 2.25. The summed E-state index contributed by atoms with van der Waals surface area (Å²) in [6.45, 7) is 4.47. The van der Waals surface area contributed by atoms with Gasteiger partial charge in [-0.3, -0.25) is 9.59 Å². The van der Waals surface area contributed by atoms with Gasteiger partial charge in [-0.1, -0.05) is 13.0 Å². The van der Waals surface area contributed by atoms with Crippen molar-refractivity contribution in [2.45, 2.75) is 19.8 Å². The average Bonchev–Trinajstić information content (AvgIpc) is 3.07. The summed E-state index contributed by atoms with van der Waals surface area (Å²) < 4.78 is 0. The maximum absolute atomic E-state index is 12.3. The third kappa shape index (κ3) is 2.93. The Kier molecular flexibility index (Phi) is 3.92. The molecule has 2 aliphatic rings. The van der Waals surface area contributed by atoms with Gasteiger partial charge in [-0.2, -0.15) is 0 Å². The van der Waals surface area contributed by atoms with E-state index >= 15 is 0 Å². The quantitative estimate of drug-likeness (QED) is 0.888. The van der Waals surface area contributed by atoms with E-state index in [1.807, 2.05) is 24.3 Å². The predicted octanol–water partition coefficient (Wildman–Crippen LogP) is 1.61. The van der Waals surface area contributed by atoms with Crippen LogP contribution in [0.25, 0.3) is 0 Å². The Balaban J connectivity index is 1.71. The Morgan fingerprint density at radius 1 is 1.38 bits per heavy atom. The number of hydrogen-bond acceptors (Lipinski definition) is 3. The van der Waals surface area contributed by atoms with E-state index in [0.29, 0.717) is 12.3 Å². The van der Waals surface area contributed by atoms with Gasteiger partial charge in [-0.05, 0) is 37.1 Å². The number of anilines is 2. The highest BCUT2D eigenvalue weighted by Gasteiger charge is 2.29. The largest absolute Gasteiger partial charge is 0.326 e. The van der Waals surface area contributed by atoms with Crippen molar-refractivity contribution in [3.8, 4) is 0 Å². The number of nitrogens with one attached hydrogen (secondary N) is 2. The Hall–Kier alpha value is -1.88. The molecule has 2 heterocycles. The molecule has 2 saturated heterocycles. The minimum absolute atomic E-state index is 0.0158. The highest BCUT2D eigenvalue weighted by molar-refractivity contribution is 5.97. The number of carbonyl (C=O) groups is 2. The van der Waals surface area contributed by atoms with Gasteiger partial charge < -0.3 is 15.5 Å². The van der Waals surface area contributed by atoms with Gasteiger partial charge in [0.1, 0.15) is 0 Å². The second-order valence-electron chi connectivity index (χ2n) is 5.93. The summed E-state index contributed by atoms with van der Waals surface area (Å²) in [6, 6.07) is 7.55. The average molecular weight is 287 g/mol. The van der Waals surface area contributed by atoms with Crippen molar-refractivity contribution < 1.29 is 9.59 Å². The zero-order valence-electron chi connectivity index (χ0n) is 12.3. The monoisotopic (exact) mass is 287 g/mol. The Morgan fingerprint density at radius 3 is 2.90 bits per heavy atom. The first-order valence-corrected chi connectivity index (χ1v) is 7.57. The molecule has 2 aliphatic heterocycles. The maximum Gasteiger partial charge on any atom is 0.229 e. The Bertz CT molecular complexity index is 558. The molecule has 2 fully saturated rings. The van der Waals surface area contributed by atoms with Crippen LogP contribution in [-0.4, -0.2) is 31.4 Å². The molecular weight excluding hydrogens is 266 g/mol. The molecule has 5 heteroatoms. The first kappa shape index (κ1) is 14.1. The lowest BCUT2D eigenvalue weighted by atomic mass is 9.97. The van der Waals surface area contributed by atoms with Crippen LogP contribution >= 0.6 is 0 Å². The molecule has 1 aromatic rings. The second-order valence-corrected chi connectivity index (χ2v) is 5.93. The van der Waals surface area contributed by atoms with Crippen LogP contribution in [0.2, 0.25) is 0 Å². The van der Waals surface area contributed by atoms with Crippen molar-refractivity contribution in [3.63, 3.8) is 0 Å². The lowest BCUT2D eigenvalue weighted by Gasteiger charge is -2.18. The van der Waals surface area contributed by atoms with E-state index in [1.54, 1.807) is 4.90 Å². The van der Waals surface area contributed by atoms with E-state index in [1.165, 1.54) is 0 Å². The Morgan fingerprint density at radius 2 is 2.24 bits per heavy atom. The van der Waals surface area contributed by atoms with Crippen molar-refractivity contribution >= 4 is 23.2 Å². The van der Waals surface area contributed by atoms with Gasteiger partial charge in [-0.25, -0.2) is 0 Å². The highest BCUT2D eigenvalue weighted by atomic mass is 16.2. The van der Waals surface area contributed by atoms with Crippen molar-refractivity contribution in [3.05, 3.63) is 24.3 Å². The molecule has 2 N–H and O–H groups in total. The molecular formula is C16H21N3O2. The summed E-state index contributed by atoms with van der Waals surface area (Å²) in [5.41, 5.74) is 1.63. The standard InChI is InChI=1S/C16H21N3O2/c1-11-9-17-10-14(11)16(21)18-12-4-2-5-13(8-12)19-7-3-6-15(19)20/h2,4-5,8,11,14,17H,3,6-7,9-10H2,1H3,(H,18,21). The zero-order valence-corrected chi connectivity index (χ0v) is 12.3. The van der Waals surface area contributed by atoms with Gasteiger partial charge in [0.15, 0.2) is 0 Å². The van der Waals surface area contributed by atoms with Crippen molar-refractivity contribution in [2.24, 2.45) is 11.8 Å². The molecule has 112 valence electrons. The fourth-order valence-electron chi connectivity index (χ4n) is 3.07. The third-order valence-electron chi connectivity index (χ3n) is 4.35. The molecule has 2 amide bonds. The van der Waals surface area contributed by atoms with Crippen LogP contribution in [0.15, 0.2) is 24.3 Å². The first-order chi connectivity index (χ1) is 10.1. The number of hydrogen-bond donors (Lipinski definition) is 2. The number of amides is 2. The SMILES string of the molecule is CC1CNCC1C(=O)Nc1cccc(N2CCCC2=O)c1. The van der Waals surface area contributed by atoms with Crippen molar-refractivity contribution in [2.75, 3.05) is 29.9 Å². The first-order valence-electron chi connectivity index (χ1n) is 7.57. The van der Waals surface area contributed by atoms with E-state index in [4.69, 9.17) is 0 Å². The molecule has 0 aromatic heterocycles. The molecule has 5 nitrogen and oxygen atoms in total. The van der Waals surface area contributed by atoms with Crippen LogP contribution in [0.4, 0.5) is 11.4 Å². The normalized spacial score (nSPS) is 25.4. The topological polar surface area (TPSA) is 61.4 Å². The molecule has 3 rings (SSSR count). The minimum atomic E-state index is 0.0158. The van der Waals surface area contributed by atoms with Gasteiger partial charge in [0.05, 0.1) is 5.92 Å². The summed E-state index contributed by atoms with van der Waals surface area (Å²) in [7, 11) is 0. The van der Waals surface area contributed by atoms with Crippen molar-refractivity contribution in [1.82, 2.24) is 5.32 Å². The fourth-order valence-corrected chi connectivity index (χ4v) is 3.07. The van der Waals surface area contributed by atoms with Gasteiger partial charge >= 0.3 is 0 Å². The van der Waals surface area contributed by atoms with E-state index in [9.17, 15) is 9.59 Å². The predicted molar refractivity (Wildman–Crippen MR) is 82.2 cm³/mol. The summed E-state index contributed by atoms with van der Waals surface area (Å²) >= 11 is 0. The van der Waals surface area contributed by atoms with Crippen LogP contribution in [0.3, 0.4) is 0 Å². The van der Waals surface area contributed by atoms with E-state index < -0.39 is 0 Å². The lowest BCUT2D eigenvalue weighted by Crippen LogP contribution is -2.28. The molecule has 0 radical (unpaired) electrons. The molecule has 2 atom stereocenters. The minimum Gasteiger partial charge on any atom is -0.326 e. The van der Waals surface area contributed by atoms with Crippen LogP contribution in [0, 0.1) is 11.8 Å². The van der Waals surface area contributed by atoms with Gasteiger partial charge in [0.25, 0.3) is 0 Å². The molecule has 2 unspecified atom stereocenters. The van der Waals surface area contributed by atoms with Crippen LogP contribution in [-0.2, 0) is 9.59 Å². The summed E-state index contributed by atoms with van der Waals surface area (Å²) in [5, 5.41) is 6.21. The number of rotatable bonds is 3. The molecule has 21 heavy (non-hydrogen) atoms. The molecule has 1 aromatic carbocycles. The summed E-state index contributed by atoms with van der Waals surface area (Å²) in [5.74, 6) is 0.583. The van der Waals surface area contributed by atoms with Gasteiger partial charge in [0.2, 0.25) is 11.8 Å².